The number of hydrogen-bond acceptors (Lipinski definition) is 3. The van der Waals surface area contributed by atoms with Gasteiger partial charge in [0.15, 0.2) is 0 Å². The van der Waals surface area contributed by atoms with Crippen LogP contribution in [0.2, 0.25) is 0 Å². The van der Waals surface area contributed by atoms with Gasteiger partial charge < -0.3 is 4.72 Å². The van der Waals surface area contributed by atoms with Crippen molar-refractivity contribution in [3.63, 3.8) is 0 Å². The highest BCUT2D eigenvalue weighted by atomic mass is 32.2. The maximum Gasteiger partial charge on any atom is 0.108 e. The lowest BCUT2D eigenvalue weighted by Crippen LogP contribution is -2.02. The van der Waals surface area contributed by atoms with Crippen LogP contribution in [0.4, 0.5) is 0 Å². The fourth-order valence-electron chi connectivity index (χ4n) is 3.71. The third kappa shape index (κ3) is 3.34. The Morgan fingerprint density at radius 3 is 2.54 bits per heavy atom. The fourth-order valence-corrected chi connectivity index (χ4v) is 4.17. The minimum atomic E-state index is 0.701. The van der Waals surface area contributed by atoms with Gasteiger partial charge in [-0.1, -0.05) is 48.5 Å². The van der Waals surface area contributed by atoms with Crippen LogP contribution in [0.25, 0.3) is 21.5 Å². The third-order valence-corrected chi connectivity index (χ3v) is 5.65. The monoisotopic (exact) mass is 356 g/mol. The Hall–Kier alpha value is -2.70. The van der Waals surface area contributed by atoms with Crippen LogP contribution in [0.5, 0.6) is 0 Å². The van der Waals surface area contributed by atoms with E-state index in [0.29, 0.717) is 4.91 Å². The van der Waals surface area contributed by atoms with Crippen LogP contribution in [0.1, 0.15) is 24.0 Å². The van der Waals surface area contributed by atoms with Gasteiger partial charge in [0, 0.05) is 6.20 Å². The molecule has 0 fully saturated rings. The fraction of sp³-hybridized carbons (Fsp3) is 0.174. The van der Waals surface area contributed by atoms with Gasteiger partial charge in [0.2, 0.25) is 0 Å². The van der Waals surface area contributed by atoms with Crippen LogP contribution in [0.3, 0.4) is 0 Å². The summed E-state index contributed by atoms with van der Waals surface area (Å²) in [6, 6.07) is 20.0. The molecule has 5 rings (SSSR count). The van der Waals surface area contributed by atoms with Gasteiger partial charge in [0.25, 0.3) is 0 Å². The standard InChI is InChI=1S/C18H16.C5H4N2S/c1-3-7-15-13(5-1)9-11-18-16-8-4-2-6-14(16)10-12-17(15)18;6-4-5-2-1-3-7-8-5/h1,3,5,7,9-12H,2,4,6,8H2;1-3,7H. The molecule has 0 spiro atoms. The minimum absolute atomic E-state index is 0.701. The number of rotatable bonds is 0. The number of allylic oxidation sites excluding steroid dienone is 3. The zero-order valence-corrected chi connectivity index (χ0v) is 15.4. The first kappa shape index (κ1) is 16.8. The van der Waals surface area contributed by atoms with Crippen LogP contribution < -0.4 is 4.72 Å². The highest BCUT2D eigenvalue weighted by Gasteiger charge is 2.13. The van der Waals surface area contributed by atoms with Crippen LogP contribution in [-0.2, 0) is 12.8 Å². The second-order valence-corrected chi connectivity index (χ2v) is 7.39. The van der Waals surface area contributed by atoms with E-state index in [-0.39, 0.29) is 0 Å². The zero-order valence-electron chi connectivity index (χ0n) is 14.5. The lowest BCUT2D eigenvalue weighted by atomic mass is 9.86. The zero-order chi connectivity index (χ0) is 17.8. The molecule has 1 N–H and O–H groups in total. The van der Waals surface area contributed by atoms with E-state index in [4.69, 9.17) is 5.26 Å². The molecule has 0 saturated carbocycles. The van der Waals surface area contributed by atoms with Crippen molar-refractivity contribution in [2.45, 2.75) is 25.7 Å². The molecule has 0 amide bonds. The number of aryl methyl sites for hydroxylation is 2. The molecule has 1 aliphatic carbocycles. The van der Waals surface area contributed by atoms with E-state index in [1.807, 2.05) is 6.07 Å². The maximum atomic E-state index is 8.28. The Morgan fingerprint density at radius 2 is 1.73 bits per heavy atom. The number of benzene rings is 3. The highest BCUT2D eigenvalue weighted by Crippen LogP contribution is 2.33. The number of fused-ring (bicyclic) bond motifs is 5. The second-order valence-electron chi connectivity index (χ2n) is 6.51. The number of nitrogens with zero attached hydrogens (tertiary/aromatic N) is 1. The van der Waals surface area contributed by atoms with Crippen LogP contribution in [0.15, 0.2) is 71.8 Å². The van der Waals surface area contributed by atoms with E-state index < -0.39 is 0 Å². The highest BCUT2D eigenvalue weighted by molar-refractivity contribution is 8.01. The van der Waals surface area contributed by atoms with Gasteiger partial charge >= 0.3 is 0 Å². The van der Waals surface area contributed by atoms with E-state index in [0.717, 1.165) is 0 Å². The van der Waals surface area contributed by atoms with E-state index in [1.54, 1.807) is 29.5 Å². The first-order chi connectivity index (χ1) is 12.9. The summed E-state index contributed by atoms with van der Waals surface area (Å²) in [5, 5.41) is 13.9. The lowest BCUT2D eigenvalue weighted by Gasteiger charge is -2.18. The molecule has 0 atom stereocenters. The number of nitrogens with one attached hydrogen (secondary N) is 1. The molecule has 0 aromatic heterocycles. The maximum absolute atomic E-state index is 8.28. The molecular formula is C23H20N2S. The van der Waals surface area contributed by atoms with Crippen molar-refractivity contribution < 1.29 is 0 Å². The van der Waals surface area contributed by atoms with Gasteiger partial charge in [-0.25, -0.2) is 0 Å². The first-order valence-corrected chi connectivity index (χ1v) is 9.80. The largest absolute Gasteiger partial charge is 0.332 e. The molecule has 3 heteroatoms. The molecule has 128 valence electrons. The molecule has 0 saturated heterocycles. The van der Waals surface area contributed by atoms with Crippen molar-refractivity contribution in [3.05, 3.63) is 82.9 Å². The Labute approximate surface area is 158 Å². The predicted molar refractivity (Wildman–Crippen MR) is 112 cm³/mol. The van der Waals surface area contributed by atoms with Crippen molar-refractivity contribution in [2.24, 2.45) is 0 Å². The first-order valence-electron chi connectivity index (χ1n) is 8.98. The van der Waals surface area contributed by atoms with Crippen molar-refractivity contribution in [1.82, 2.24) is 4.72 Å². The van der Waals surface area contributed by atoms with E-state index in [1.165, 1.54) is 59.2 Å². The SMILES string of the molecule is N#CC1=CC=CNS1.c1ccc2c(c1)ccc1c3c(ccc12)CCCC3. The van der Waals surface area contributed by atoms with Crippen molar-refractivity contribution in [1.29, 1.82) is 5.26 Å². The summed E-state index contributed by atoms with van der Waals surface area (Å²) in [4.78, 5) is 0.701. The molecule has 1 aliphatic heterocycles. The quantitative estimate of drug-likeness (QED) is 0.394. The predicted octanol–water partition coefficient (Wildman–Crippen LogP) is 6.03. The van der Waals surface area contributed by atoms with E-state index in [9.17, 15) is 0 Å². The average molecular weight is 356 g/mol. The smallest absolute Gasteiger partial charge is 0.108 e. The second kappa shape index (κ2) is 7.68. The summed E-state index contributed by atoms with van der Waals surface area (Å²) in [6.45, 7) is 0. The lowest BCUT2D eigenvalue weighted by molar-refractivity contribution is 0.690. The van der Waals surface area contributed by atoms with Crippen LogP contribution in [0, 0.1) is 11.3 Å². The van der Waals surface area contributed by atoms with Crippen molar-refractivity contribution in [3.8, 4) is 6.07 Å². The van der Waals surface area contributed by atoms with Gasteiger partial charge in [-0.05, 0) is 82.5 Å². The average Bonchev–Trinajstić information content (AvgIpc) is 2.74. The Kier molecular flexibility index (Phi) is 4.95. The molecule has 1 heterocycles. The summed E-state index contributed by atoms with van der Waals surface area (Å²) < 4.78 is 2.83. The summed E-state index contributed by atoms with van der Waals surface area (Å²) in [7, 11) is 0. The van der Waals surface area contributed by atoms with Crippen LogP contribution >= 0.6 is 11.9 Å². The summed E-state index contributed by atoms with van der Waals surface area (Å²) in [6.07, 6.45) is 10.6. The Morgan fingerprint density at radius 1 is 0.885 bits per heavy atom. The molecule has 3 aromatic rings. The van der Waals surface area contributed by atoms with Gasteiger partial charge in [0.05, 0.1) is 0 Å². The summed E-state index contributed by atoms with van der Waals surface area (Å²) in [5.41, 5.74) is 3.17. The molecule has 0 unspecified atom stereocenters. The normalized spacial score (nSPS) is 15.3. The summed E-state index contributed by atoms with van der Waals surface area (Å²) in [5.74, 6) is 0. The number of nitriles is 1. The molecule has 26 heavy (non-hydrogen) atoms. The number of hydrogen-bond donors (Lipinski definition) is 1. The van der Waals surface area contributed by atoms with Gasteiger partial charge in [-0.3, -0.25) is 0 Å². The van der Waals surface area contributed by atoms with E-state index >= 15 is 0 Å². The molecule has 3 aromatic carbocycles. The molecule has 0 bridgehead atoms. The Bertz CT molecular complexity index is 1060. The van der Waals surface area contributed by atoms with Gasteiger partial charge in [-0.2, -0.15) is 5.26 Å². The van der Waals surface area contributed by atoms with Crippen molar-refractivity contribution >= 4 is 33.5 Å². The molecule has 0 radical (unpaired) electrons. The molecule has 2 nitrogen and oxygen atoms in total. The van der Waals surface area contributed by atoms with E-state index in [2.05, 4.69) is 53.3 Å². The van der Waals surface area contributed by atoms with Gasteiger partial charge in [0.1, 0.15) is 11.0 Å². The molecular weight excluding hydrogens is 336 g/mol. The minimum Gasteiger partial charge on any atom is -0.332 e. The summed E-state index contributed by atoms with van der Waals surface area (Å²) >= 11 is 1.33. The van der Waals surface area contributed by atoms with Gasteiger partial charge in [-0.15, -0.1) is 0 Å². The molecule has 2 aliphatic rings. The third-order valence-electron chi connectivity index (χ3n) is 4.95. The van der Waals surface area contributed by atoms with Crippen LogP contribution in [-0.4, -0.2) is 0 Å². The van der Waals surface area contributed by atoms with Crippen molar-refractivity contribution in [2.75, 3.05) is 0 Å². The topological polar surface area (TPSA) is 35.8 Å². The Balaban J connectivity index is 0.000000178.